The molecule has 1 saturated carbocycles. The summed E-state index contributed by atoms with van der Waals surface area (Å²) in [5.41, 5.74) is 0. The van der Waals surface area contributed by atoms with Crippen LogP contribution in [0.2, 0.25) is 0 Å². The minimum atomic E-state index is 0.791. The third-order valence-electron chi connectivity index (χ3n) is 5.24. The number of piperidine rings is 1. The molecule has 118 valence electrons. The summed E-state index contributed by atoms with van der Waals surface area (Å²) in [5.74, 6) is 2.80. The van der Waals surface area contributed by atoms with Crippen LogP contribution < -0.4 is 5.32 Å². The Kier molecular flexibility index (Phi) is 6.83. The van der Waals surface area contributed by atoms with Crippen molar-refractivity contribution in [3.8, 4) is 0 Å². The van der Waals surface area contributed by atoms with Crippen LogP contribution in [0, 0.1) is 17.8 Å². The molecule has 0 aromatic rings. The molecule has 0 aromatic carbocycles. The van der Waals surface area contributed by atoms with Crippen molar-refractivity contribution in [3.63, 3.8) is 0 Å². The standard InChI is InChI=1S/C18H36N2/c1-15(2)14-20-11-8-18(9-12-20)19-10-7-17-6-4-5-16(3)13-17/h15-19H,4-14H2,1-3H3. The highest BCUT2D eigenvalue weighted by molar-refractivity contribution is 4.78. The van der Waals surface area contributed by atoms with Gasteiger partial charge in [0, 0.05) is 12.6 Å². The molecule has 1 saturated heterocycles. The molecule has 1 N–H and O–H groups in total. The van der Waals surface area contributed by atoms with Gasteiger partial charge in [-0.1, -0.05) is 40.0 Å². The van der Waals surface area contributed by atoms with E-state index in [0.717, 1.165) is 23.8 Å². The molecule has 2 rings (SSSR count). The van der Waals surface area contributed by atoms with Gasteiger partial charge < -0.3 is 10.2 Å². The molecule has 2 heteroatoms. The molecule has 2 atom stereocenters. The summed E-state index contributed by atoms with van der Waals surface area (Å²) in [6, 6.07) is 0.791. The average molecular weight is 280 g/mol. The topological polar surface area (TPSA) is 15.3 Å². The Bertz CT molecular complexity index is 256. The second kappa shape index (κ2) is 8.38. The Morgan fingerprint density at radius 1 is 1.10 bits per heavy atom. The van der Waals surface area contributed by atoms with Gasteiger partial charge in [0.2, 0.25) is 0 Å². The first-order valence-electron chi connectivity index (χ1n) is 9.09. The Morgan fingerprint density at radius 2 is 1.85 bits per heavy atom. The van der Waals surface area contributed by atoms with Gasteiger partial charge >= 0.3 is 0 Å². The zero-order chi connectivity index (χ0) is 14.4. The third kappa shape index (κ3) is 5.73. The van der Waals surface area contributed by atoms with Crippen molar-refractivity contribution in [2.75, 3.05) is 26.2 Å². The number of hydrogen-bond acceptors (Lipinski definition) is 2. The largest absolute Gasteiger partial charge is 0.314 e. The first kappa shape index (κ1) is 16.3. The van der Waals surface area contributed by atoms with E-state index in [4.69, 9.17) is 0 Å². The maximum Gasteiger partial charge on any atom is 0.00914 e. The lowest BCUT2D eigenvalue weighted by Crippen LogP contribution is -2.44. The SMILES string of the molecule is CC(C)CN1CCC(NCCC2CCCC(C)C2)CC1. The number of hydrogen-bond donors (Lipinski definition) is 1. The van der Waals surface area contributed by atoms with Gasteiger partial charge in [0.05, 0.1) is 0 Å². The monoisotopic (exact) mass is 280 g/mol. The lowest BCUT2D eigenvalue weighted by atomic mass is 9.81. The van der Waals surface area contributed by atoms with Crippen molar-refractivity contribution in [3.05, 3.63) is 0 Å². The molecular weight excluding hydrogens is 244 g/mol. The predicted octanol–water partition coefficient (Wildman–Crippen LogP) is 3.91. The molecule has 2 nitrogen and oxygen atoms in total. The number of nitrogens with zero attached hydrogens (tertiary/aromatic N) is 1. The maximum atomic E-state index is 3.83. The molecule has 2 unspecified atom stereocenters. The number of rotatable bonds is 6. The van der Waals surface area contributed by atoms with Crippen LogP contribution in [-0.4, -0.2) is 37.1 Å². The van der Waals surface area contributed by atoms with Crippen LogP contribution in [0.1, 0.15) is 65.7 Å². The smallest absolute Gasteiger partial charge is 0.00914 e. The highest BCUT2D eigenvalue weighted by Gasteiger charge is 2.21. The van der Waals surface area contributed by atoms with E-state index >= 15 is 0 Å². The summed E-state index contributed by atoms with van der Waals surface area (Å²) in [4.78, 5) is 2.64. The lowest BCUT2D eigenvalue weighted by molar-refractivity contribution is 0.177. The van der Waals surface area contributed by atoms with E-state index in [0.29, 0.717) is 0 Å². The van der Waals surface area contributed by atoms with Crippen molar-refractivity contribution in [1.82, 2.24) is 10.2 Å². The van der Waals surface area contributed by atoms with Crippen molar-refractivity contribution < 1.29 is 0 Å². The fourth-order valence-corrected chi connectivity index (χ4v) is 4.15. The zero-order valence-electron chi connectivity index (χ0n) is 14.0. The Hall–Kier alpha value is -0.0800. The molecule has 0 spiro atoms. The third-order valence-corrected chi connectivity index (χ3v) is 5.24. The number of likely N-dealkylation sites (tertiary alicyclic amines) is 1. The molecule has 0 aromatic heterocycles. The van der Waals surface area contributed by atoms with Crippen molar-refractivity contribution >= 4 is 0 Å². The second-order valence-electron chi connectivity index (χ2n) is 7.85. The van der Waals surface area contributed by atoms with Crippen LogP contribution in [0.5, 0.6) is 0 Å². The van der Waals surface area contributed by atoms with Crippen LogP contribution in [0.3, 0.4) is 0 Å². The predicted molar refractivity (Wildman–Crippen MR) is 88.0 cm³/mol. The Morgan fingerprint density at radius 3 is 2.50 bits per heavy atom. The minimum Gasteiger partial charge on any atom is -0.314 e. The summed E-state index contributed by atoms with van der Waals surface area (Å²) in [7, 11) is 0. The van der Waals surface area contributed by atoms with Gasteiger partial charge in [0.25, 0.3) is 0 Å². The van der Waals surface area contributed by atoms with E-state index in [1.807, 2.05) is 0 Å². The van der Waals surface area contributed by atoms with Crippen LogP contribution in [0.15, 0.2) is 0 Å². The molecular formula is C18H36N2. The fourth-order valence-electron chi connectivity index (χ4n) is 4.15. The normalized spacial score (nSPS) is 30.0. The molecule has 0 radical (unpaired) electrons. The van der Waals surface area contributed by atoms with Gasteiger partial charge in [-0.2, -0.15) is 0 Å². The van der Waals surface area contributed by atoms with Crippen LogP contribution in [0.25, 0.3) is 0 Å². The van der Waals surface area contributed by atoms with E-state index in [9.17, 15) is 0 Å². The summed E-state index contributed by atoms with van der Waals surface area (Å²) in [6.07, 6.45) is 10.0. The van der Waals surface area contributed by atoms with Crippen LogP contribution in [-0.2, 0) is 0 Å². The van der Waals surface area contributed by atoms with Crippen LogP contribution >= 0.6 is 0 Å². The van der Waals surface area contributed by atoms with Gasteiger partial charge in [-0.3, -0.25) is 0 Å². The Balaban J connectivity index is 1.54. The molecule has 20 heavy (non-hydrogen) atoms. The highest BCUT2D eigenvalue weighted by Crippen LogP contribution is 2.30. The van der Waals surface area contributed by atoms with Gasteiger partial charge in [-0.25, -0.2) is 0 Å². The summed E-state index contributed by atoms with van der Waals surface area (Å²) < 4.78 is 0. The molecule has 0 amide bonds. The van der Waals surface area contributed by atoms with Crippen LogP contribution in [0.4, 0.5) is 0 Å². The molecule has 1 aliphatic carbocycles. The van der Waals surface area contributed by atoms with Gasteiger partial charge in [0.1, 0.15) is 0 Å². The van der Waals surface area contributed by atoms with Crippen molar-refractivity contribution in [1.29, 1.82) is 0 Å². The van der Waals surface area contributed by atoms with E-state index in [1.165, 1.54) is 71.1 Å². The van der Waals surface area contributed by atoms with E-state index < -0.39 is 0 Å². The fraction of sp³-hybridized carbons (Fsp3) is 1.00. The molecule has 0 bridgehead atoms. The first-order chi connectivity index (χ1) is 9.63. The molecule has 2 fully saturated rings. The van der Waals surface area contributed by atoms with Crippen molar-refractivity contribution in [2.45, 2.75) is 71.8 Å². The van der Waals surface area contributed by atoms with Gasteiger partial charge in [-0.05, 0) is 63.1 Å². The molecule has 2 aliphatic rings. The molecule has 1 aliphatic heterocycles. The van der Waals surface area contributed by atoms with Gasteiger partial charge in [-0.15, -0.1) is 0 Å². The summed E-state index contributed by atoms with van der Waals surface area (Å²) in [5, 5.41) is 3.83. The Labute approximate surface area is 126 Å². The summed E-state index contributed by atoms with van der Waals surface area (Å²) in [6.45, 7) is 12.2. The van der Waals surface area contributed by atoms with Crippen molar-refractivity contribution in [2.24, 2.45) is 17.8 Å². The number of nitrogens with one attached hydrogen (secondary N) is 1. The van der Waals surface area contributed by atoms with E-state index in [1.54, 1.807) is 0 Å². The quantitative estimate of drug-likeness (QED) is 0.793. The lowest BCUT2D eigenvalue weighted by Gasteiger charge is -2.34. The summed E-state index contributed by atoms with van der Waals surface area (Å²) >= 11 is 0. The maximum absolute atomic E-state index is 3.83. The highest BCUT2D eigenvalue weighted by atomic mass is 15.1. The minimum absolute atomic E-state index is 0.791. The first-order valence-corrected chi connectivity index (χ1v) is 9.09. The average Bonchev–Trinajstić information content (AvgIpc) is 2.40. The van der Waals surface area contributed by atoms with E-state index in [2.05, 4.69) is 31.0 Å². The molecule has 1 heterocycles. The second-order valence-corrected chi connectivity index (χ2v) is 7.85. The van der Waals surface area contributed by atoms with E-state index in [-0.39, 0.29) is 0 Å². The van der Waals surface area contributed by atoms with Gasteiger partial charge in [0.15, 0.2) is 0 Å². The zero-order valence-corrected chi connectivity index (χ0v) is 14.0.